The van der Waals surface area contributed by atoms with E-state index in [0.717, 1.165) is 30.7 Å². The van der Waals surface area contributed by atoms with E-state index in [0.29, 0.717) is 0 Å². The van der Waals surface area contributed by atoms with Crippen molar-refractivity contribution in [3.05, 3.63) is 29.8 Å². The van der Waals surface area contributed by atoms with E-state index in [1.807, 2.05) is 0 Å². The van der Waals surface area contributed by atoms with Gasteiger partial charge in [-0.2, -0.15) is 0 Å². The summed E-state index contributed by atoms with van der Waals surface area (Å²) in [6.45, 7) is 0. The van der Waals surface area contributed by atoms with Crippen LogP contribution < -0.4 is 2.81 Å². The Balaban J connectivity index is 3.04. The number of hydrogen-bond acceptors (Lipinski definition) is 3. The summed E-state index contributed by atoms with van der Waals surface area (Å²) in [7, 11) is -4.40. The van der Waals surface area contributed by atoms with E-state index in [9.17, 15) is 8.42 Å². The summed E-state index contributed by atoms with van der Waals surface area (Å²) in [5, 5.41) is 9.12. The van der Waals surface area contributed by atoms with Gasteiger partial charge in [0.25, 0.3) is 0 Å². The fourth-order valence-electron chi connectivity index (χ4n) is 0.903. The third kappa shape index (κ3) is 3.05. The van der Waals surface area contributed by atoms with Crippen LogP contribution in [0.4, 0.5) is 0 Å². The molecule has 0 bridgehead atoms. The molecule has 0 amide bonds. The normalized spacial score (nSPS) is 14.2. The quantitative estimate of drug-likeness (QED) is 0.503. The van der Waals surface area contributed by atoms with E-state index in [1.54, 1.807) is 12.1 Å². The topological polar surface area (TPSA) is 74.6 Å². The summed E-state index contributed by atoms with van der Waals surface area (Å²) in [6.07, 6.45) is 0. The van der Waals surface area contributed by atoms with Gasteiger partial charge >= 0.3 is 94.2 Å². The maximum atomic E-state index is 10.5. The Morgan fingerprint density at radius 1 is 1.23 bits per heavy atom. The second kappa shape index (κ2) is 4.08. The van der Waals surface area contributed by atoms with Gasteiger partial charge in [0.1, 0.15) is 0 Å². The summed E-state index contributed by atoms with van der Waals surface area (Å²) in [5.74, 6) is 0. The first-order chi connectivity index (χ1) is 5.91. The molecule has 0 aliphatic rings. The van der Waals surface area contributed by atoms with Gasteiger partial charge in [-0.25, -0.2) is 0 Å². The average molecular weight is 210 g/mol. The zero-order valence-corrected chi connectivity index (χ0v) is 9.82. The van der Waals surface area contributed by atoms with Crippen LogP contribution in [0, 0.1) is 0 Å². The molecule has 6 heteroatoms. The van der Waals surface area contributed by atoms with Crippen LogP contribution in [0.2, 0.25) is 0 Å². The molecule has 4 nitrogen and oxygen atoms in total. The standard InChI is InChI=1S/C7H7O4S.Na/c8-7(12(9,10)11)6-4-2-1-3-5-6;/h2-5,7-8H,(H,9,10,11);. The number of hydrogen-bond donors (Lipinski definition) is 2. The molecule has 1 aromatic carbocycles. The molecule has 0 saturated carbocycles. The molecule has 0 fully saturated rings. The first-order valence-electron chi connectivity index (χ1n) is 3.62. The monoisotopic (exact) mass is 210 g/mol. The molecule has 1 aromatic rings. The Bertz CT molecular complexity index is 383. The molecule has 0 aliphatic carbocycles. The predicted octanol–water partition coefficient (Wildman–Crippen LogP) is -0.641. The molecule has 0 heterocycles. The van der Waals surface area contributed by atoms with Crippen LogP contribution in [0.3, 0.4) is 0 Å². The van der Waals surface area contributed by atoms with Gasteiger partial charge in [-0.05, 0) is 0 Å². The van der Waals surface area contributed by atoms with Crippen molar-refractivity contribution in [3.63, 3.8) is 0 Å². The maximum absolute atomic E-state index is 10.5. The summed E-state index contributed by atoms with van der Waals surface area (Å²) >= 11 is 0.863. The zero-order valence-electron chi connectivity index (χ0n) is 7.01. The molecule has 0 aliphatic heterocycles. The van der Waals surface area contributed by atoms with Crippen LogP contribution in [0.1, 0.15) is 11.0 Å². The average Bonchev–Trinajstić information content (AvgIpc) is 2.03. The van der Waals surface area contributed by atoms with Crippen LogP contribution >= 0.6 is 0 Å². The molecule has 1 atom stereocenters. The van der Waals surface area contributed by atoms with Gasteiger partial charge < -0.3 is 0 Å². The van der Waals surface area contributed by atoms with E-state index >= 15 is 0 Å². The number of benzene rings is 1. The number of rotatable bonds is 2. The fourth-order valence-corrected chi connectivity index (χ4v) is 1.74. The Hall–Kier alpha value is 0.0900. The fraction of sp³-hybridized carbons (Fsp3) is 0.143. The van der Waals surface area contributed by atoms with Crippen molar-refractivity contribution in [2.75, 3.05) is 0 Å². The minimum atomic E-state index is -4.40. The summed E-state index contributed by atoms with van der Waals surface area (Å²) in [5.41, 5.74) is -1.66. The molecule has 1 unspecified atom stereocenters. The third-order valence-electron chi connectivity index (χ3n) is 1.64. The van der Waals surface area contributed by atoms with E-state index in [-0.39, 0.29) is 5.56 Å². The Kier molecular flexibility index (Phi) is 3.50. The van der Waals surface area contributed by atoms with Gasteiger partial charge in [-0.1, -0.05) is 0 Å². The molecule has 1 rings (SSSR count). The molecule has 0 spiro atoms. The van der Waals surface area contributed by atoms with Gasteiger partial charge in [0.05, 0.1) is 0 Å². The summed E-state index contributed by atoms with van der Waals surface area (Å²) < 4.78 is 30.7. The first-order valence-corrected chi connectivity index (χ1v) is 6.12. The van der Waals surface area contributed by atoms with E-state index in [1.165, 1.54) is 12.1 Å². The van der Waals surface area contributed by atoms with Crippen molar-refractivity contribution < 1.29 is 18.1 Å². The second-order valence-corrected chi connectivity index (χ2v) is 5.41. The van der Waals surface area contributed by atoms with Gasteiger partial charge in [0.2, 0.25) is 0 Å². The van der Waals surface area contributed by atoms with Crippen LogP contribution in [0.5, 0.6) is 0 Å². The molecule has 0 radical (unpaired) electrons. The SMILES string of the molecule is O=S(=O)(O)C(O)c1cc[c]([Na])cc1. The van der Waals surface area contributed by atoms with Crippen molar-refractivity contribution in [3.8, 4) is 0 Å². The predicted molar refractivity (Wildman–Crippen MR) is 48.3 cm³/mol. The Labute approximate surface area is 93.8 Å². The van der Waals surface area contributed by atoms with E-state index in [2.05, 4.69) is 0 Å². The van der Waals surface area contributed by atoms with Crippen LogP contribution in [0.15, 0.2) is 24.3 Å². The molecular weight excluding hydrogens is 203 g/mol. The molecule has 2 N–H and O–H groups in total. The third-order valence-corrected chi connectivity index (χ3v) is 3.15. The molecular formula is C7H7NaO4S. The van der Waals surface area contributed by atoms with Crippen LogP contribution in [-0.4, -0.2) is 46.0 Å². The molecule has 0 aromatic heterocycles. The van der Waals surface area contributed by atoms with Crippen molar-refractivity contribution in [2.24, 2.45) is 0 Å². The number of aliphatic hydroxyl groups excluding tert-OH is 1. The van der Waals surface area contributed by atoms with Gasteiger partial charge in [0, 0.05) is 0 Å². The van der Waals surface area contributed by atoms with E-state index < -0.39 is 15.6 Å². The minimum absolute atomic E-state index is 0.183. The first kappa shape index (κ1) is 11.2. The van der Waals surface area contributed by atoms with Gasteiger partial charge in [-0.3, -0.25) is 0 Å². The van der Waals surface area contributed by atoms with Gasteiger partial charge in [-0.15, -0.1) is 0 Å². The van der Waals surface area contributed by atoms with Crippen LogP contribution in [0.25, 0.3) is 0 Å². The molecule has 13 heavy (non-hydrogen) atoms. The van der Waals surface area contributed by atoms with Crippen molar-refractivity contribution >= 4 is 40.9 Å². The molecule has 66 valence electrons. The van der Waals surface area contributed by atoms with Crippen LogP contribution in [-0.2, 0) is 10.1 Å². The zero-order chi connectivity index (χ0) is 10.1. The summed E-state index contributed by atoms with van der Waals surface area (Å²) in [4.78, 5) is 0. The Morgan fingerprint density at radius 2 is 1.69 bits per heavy atom. The second-order valence-electron chi connectivity index (χ2n) is 2.78. The van der Waals surface area contributed by atoms with E-state index in [4.69, 9.17) is 9.66 Å². The van der Waals surface area contributed by atoms with Crippen molar-refractivity contribution in [1.29, 1.82) is 0 Å². The number of aliphatic hydroxyl groups is 1. The van der Waals surface area contributed by atoms with Gasteiger partial charge in [0.15, 0.2) is 0 Å². The Morgan fingerprint density at radius 3 is 2.08 bits per heavy atom. The van der Waals surface area contributed by atoms with Crippen molar-refractivity contribution in [1.82, 2.24) is 0 Å². The molecule has 0 saturated heterocycles. The summed E-state index contributed by atoms with van der Waals surface area (Å²) in [6, 6.07) is 6.41. The van der Waals surface area contributed by atoms with Crippen molar-refractivity contribution in [2.45, 2.75) is 5.44 Å².